The van der Waals surface area contributed by atoms with Crippen LogP contribution >= 0.6 is 0 Å². The summed E-state index contributed by atoms with van der Waals surface area (Å²) in [5.41, 5.74) is 0.997. The van der Waals surface area contributed by atoms with Crippen LogP contribution in [-0.2, 0) is 4.84 Å². The average molecular weight is 207 g/mol. The lowest BCUT2D eigenvalue weighted by Crippen LogP contribution is -2.26. The Hall–Kier alpha value is -1.55. The van der Waals surface area contributed by atoms with Crippen molar-refractivity contribution in [3.8, 4) is 5.75 Å². The Labute approximate surface area is 88.0 Å². The van der Waals surface area contributed by atoms with Gasteiger partial charge in [0.05, 0.1) is 18.7 Å². The van der Waals surface area contributed by atoms with Crippen molar-refractivity contribution < 1.29 is 14.7 Å². The van der Waals surface area contributed by atoms with Crippen LogP contribution in [0.15, 0.2) is 18.2 Å². The number of carbonyl (C=O) groups is 1. The van der Waals surface area contributed by atoms with Gasteiger partial charge in [-0.2, -0.15) is 0 Å². The molecule has 1 N–H and O–H groups in total. The van der Waals surface area contributed by atoms with Crippen molar-refractivity contribution in [1.82, 2.24) is 5.06 Å². The zero-order valence-corrected chi connectivity index (χ0v) is 8.56. The molecule has 15 heavy (non-hydrogen) atoms. The number of hydrogen-bond donors (Lipinski definition) is 1. The van der Waals surface area contributed by atoms with Crippen LogP contribution in [0, 0.1) is 6.92 Å². The molecule has 80 valence electrons. The van der Waals surface area contributed by atoms with Gasteiger partial charge < -0.3 is 5.11 Å². The molecule has 1 saturated heterocycles. The Kier molecular flexibility index (Phi) is 2.60. The minimum Gasteiger partial charge on any atom is -0.507 e. The Morgan fingerprint density at radius 2 is 2.33 bits per heavy atom. The standard InChI is InChI=1S/C11H13NO3/c1-8-4-2-5-9(10(8)13)11(14)12-6-3-7-15-12/h2,4-5,13H,3,6-7H2,1H3. The van der Waals surface area contributed by atoms with Crippen LogP contribution in [-0.4, -0.2) is 29.2 Å². The van der Waals surface area contributed by atoms with Crippen molar-refractivity contribution in [3.63, 3.8) is 0 Å². The van der Waals surface area contributed by atoms with Gasteiger partial charge in [0.1, 0.15) is 5.75 Å². The fraction of sp³-hybridized carbons (Fsp3) is 0.364. The fourth-order valence-corrected chi connectivity index (χ4v) is 1.57. The van der Waals surface area contributed by atoms with Gasteiger partial charge in [-0.15, -0.1) is 0 Å². The van der Waals surface area contributed by atoms with E-state index >= 15 is 0 Å². The minimum absolute atomic E-state index is 0.0398. The number of nitrogens with zero attached hydrogens (tertiary/aromatic N) is 1. The molecule has 2 rings (SSSR count). The first-order valence-corrected chi connectivity index (χ1v) is 4.93. The third-order valence-electron chi connectivity index (χ3n) is 2.45. The quantitative estimate of drug-likeness (QED) is 0.758. The molecule has 1 heterocycles. The second-order valence-electron chi connectivity index (χ2n) is 3.57. The molecule has 0 aliphatic carbocycles. The van der Waals surface area contributed by atoms with Gasteiger partial charge in [-0.3, -0.25) is 9.63 Å². The molecule has 0 aromatic heterocycles. The average Bonchev–Trinajstić information content (AvgIpc) is 2.74. The van der Waals surface area contributed by atoms with Gasteiger partial charge in [0, 0.05) is 0 Å². The minimum atomic E-state index is -0.270. The van der Waals surface area contributed by atoms with Gasteiger partial charge in [0.25, 0.3) is 5.91 Å². The molecule has 1 aromatic rings. The van der Waals surface area contributed by atoms with Gasteiger partial charge in [0.15, 0.2) is 0 Å². The molecule has 0 saturated carbocycles. The number of phenolic OH excluding ortho intramolecular Hbond substituents is 1. The van der Waals surface area contributed by atoms with Crippen molar-refractivity contribution in [2.75, 3.05) is 13.2 Å². The number of amides is 1. The molecule has 0 bridgehead atoms. The predicted molar refractivity (Wildman–Crippen MR) is 54.4 cm³/mol. The van der Waals surface area contributed by atoms with E-state index in [0.29, 0.717) is 24.3 Å². The summed E-state index contributed by atoms with van der Waals surface area (Å²) in [6, 6.07) is 5.11. The third-order valence-corrected chi connectivity index (χ3v) is 2.45. The first kappa shape index (κ1) is 9.98. The van der Waals surface area contributed by atoms with E-state index in [1.807, 2.05) is 0 Å². The van der Waals surface area contributed by atoms with E-state index in [1.165, 1.54) is 5.06 Å². The number of benzene rings is 1. The Bertz CT molecular complexity index is 383. The highest BCUT2D eigenvalue weighted by Crippen LogP contribution is 2.23. The topological polar surface area (TPSA) is 49.8 Å². The van der Waals surface area contributed by atoms with E-state index in [2.05, 4.69) is 0 Å². The van der Waals surface area contributed by atoms with E-state index in [1.54, 1.807) is 25.1 Å². The zero-order chi connectivity index (χ0) is 10.8. The summed E-state index contributed by atoms with van der Waals surface area (Å²) in [6.07, 6.45) is 0.846. The zero-order valence-electron chi connectivity index (χ0n) is 8.56. The molecule has 1 fully saturated rings. The van der Waals surface area contributed by atoms with Gasteiger partial charge in [-0.25, -0.2) is 5.06 Å². The van der Waals surface area contributed by atoms with E-state index in [0.717, 1.165) is 6.42 Å². The number of aryl methyl sites for hydroxylation is 1. The number of phenols is 1. The first-order valence-electron chi connectivity index (χ1n) is 4.93. The van der Waals surface area contributed by atoms with Crippen molar-refractivity contribution in [2.24, 2.45) is 0 Å². The summed E-state index contributed by atoms with van der Waals surface area (Å²) in [5, 5.41) is 11.0. The van der Waals surface area contributed by atoms with Crippen molar-refractivity contribution in [3.05, 3.63) is 29.3 Å². The molecule has 0 radical (unpaired) electrons. The van der Waals surface area contributed by atoms with Gasteiger partial charge in [-0.1, -0.05) is 12.1 Å². The molecule has 1 aliphatic rings. The van der Waals surface area contributed by atoms with Gasteiger partial charge in [-0.05, 0) is 25.0 Å². The number of hydrogen-bond acceptors (Lipinski definition) is 3. The van der Waals surface area contributed by atoms with Gasteiger partial charge >= 0.3 is 0 Å². The molecule has 1 amide bonds. The van der Waals surface area contributed by atoms with Crippen LogP contribution in [0.2, 0.25) is 0 Å². The fourth-order valence-electron chi connectivity index (χ4n) is 1.57. The molecular weight excluding hydrogens is 194 g/mol. The van der Waals surface area contributed by atoms with Gasteiger partial charge in [0.2, 0.25) is 0 Å². The Morgan fingerprint density at radius 3 is 3.00 bits per heavy atom. The van der Waals surface area contributed by atoms with E-state index < -0.39 is 0 Å². The van der Waals surface area contributed by atoms with Crippen LogP contribution in [0.4, 0.5) is 0 Å². The molecule has 1 aromatic carbocycles. The number of para-hydroxylation sites is 1. The summed E-state index contributed by atoms with van der Waals surface area (Å²) < 4.78 is 0. The summed E-state index contributed by atoms with van der Waals surface area (Å²) in [5.74, 6) is -0.230. The summed E-state index contributed by atoms with van der Waals surface area (Å²) in [6.45, 7) is 2.92. The lowest BCUT2D eigenvalue weighted by Gasteiger charge is -2.15. The highest BCUT2D eigenvalue weighted by atomic mass is 16.7. The molecular formula is C11H13NO3. The lowest BCUT2D eigenvalue weighted by atomic mass is 10.1. The normalized spacial score (nSPS) is 15.7. The van der Waals surface area contributed by atoms with Crippen LogP contribution in [0.25, 0.3) is 0 Å². The maximum atomic E-state index is 11.9. The van der Waals surface area contributed by atoms with Crippen molar-refractivity contribution >= 4 is 5.91 Å². The number of rotatable bonds is 1. The number of hydroxylamine groups is 2. The van der Waals surface area contributed by atoms with Crippen LogP contribution < -0.4 is 0 Å². The Morgan fingerprint density at radius 1 is 1.53 bits per heavy atom. The van der Waals surface area contributed by atoms with Crippen molar-refractivity contribution in [1.29, 1.82) is 0 Å². The third kappa shape index (κ3) is 1.80. The maximum absolute atomic E-state index is 11.9. The molecule has 1 aliphatic heterocycles. The number of aromatic hydroxyl groups is 1. The largest absolute Gasteiger partial charge is 0.507 e. The summed E-state index contributed by atoms with van der Waals surface area (Å²) >= 11 is 0. The first-order chi connectivity index (χ1) is 7.20. The smallest absolute Gasteiger partial charge is 0.281 e. The SMILES string of the molecule is Cc1cccc(C(=O)N2CCCO2)c1O. The van der Waals surface area contributed by atoms with E-state index in [4.69, 9.17) is 4.84 Å². The van der Waals surface area contributed by atoms with Crippen LogP contribution in [0.5, 0.6) is 5.75 Å². The van der Waals surface area contributed by atoms with E-state index in [-0.39, 0.29) is 11.7 Å². The second-order valence-corrected chi connectivity index (χ2v) is 3.57. The second kappa shape index (κ2) is 3.90. The summed E-state index contributed by atoms with van der Waals surface area (Å²) in [7, 11) is 0. The molecule has 4 nitrogen and oxygen atoms in total. The highest BCUT2D eigenvalue weighted by Gasteiger charge is 2.23. The monoisotopic (exact) mass is 207 g/mol. The van der Waals surface area contributed by atoms with Crippen LogP contribution in [0.3, 0.4) is 0 Å². The lowest BCUT2D eigenvalue weighted by molar-refractivity contribution is -0.0769. The highest BCUT2D eigenvalue weighted by molar-refractivity contribution is 5.96. The maximum Gasteiger partial charge on any atom is 0.281 e. The molecule has 4 heteroatoms. The predicted octanol–water partition coefficient (Wildman–Crippen LogP) is 1.48. The number of carbonyl (C=O) groups excluding carboxylic acids is 1. The molecule has 0 atom stereocenters. The van der Waals surface area contributed by atoms with Crippen molar-refractivity contribution in [2.45, 2.75) is 13.3 Å². The Balaban J connectivity index is 2.28. The summed E-state index contributed by atoms with van der Waals surface area (Å²) in [4.78, 5) is 17.0. The molecule has 0 unspecified atom stereocenters. The van der Waals surface area contributed by atoms with E-state index in [9.17, 15) is 9.90 Å². The molecule has 0 spiro atoms. The van der Waals surface area contributed by atoms with Crippen LogP contribution in [0.1, 0.15) is 22.3 Å².